The number of benzene rings is 1. The Hall–Kier alpha value is -2.63. The second-order valence-electron chi connectivity index (χ2n) is 3.95. The number of aromatic nitrogens is 4. The molecule has 0 bridgehead atoms. The lowest BCUT2D eigenvalue weighted by Gasteiger charge is -1.94. The molecule has 0 aliphatic heterocycles. The molecule has 18 heavy (non-hydrogen) atoms. The van der Waals surface area contributed by atoms with E-state index in [1.807, 2.05) is 19.1 Å². The second kappa shape index (κ2) is 3.99. The molecule has 6 nitrogen and oxygen atoms in total. The first-order valence-corrected chi connectivity index (χ1v) is 5.44. The lowest BCUT2D eigenvalue weighted by Crippen LogP contribution is -1.85. The molecular formula is C12H11N5O. The molecule has 0 saturated carbocycles. The van der Waals surface area contributed by atoms with E-state index in [2.05, 4.69) is 20.3 Å². The van der Waals surface area contributed by atoms with E-state index in [1.165, 1.54) is 0 Å². The molecule has 2 heterocycles. The molecule has 2 aromatic heterocycles. The third-order valence-corrected chi connectivity index (χ3v) is 2.66. The van der Waals surface area contributed by atoms with Gasteiger partial charge < -0.3 is 10.3 Å². The van der Waals surface area contributed by atoms with Crippen LogP contribution in [0.1, 0.15) is 5.69 Å². The van der Waals surface area contributed by atoms with E-state index in [9.17, 15) is 0 Å². The minimum atomic E-state index is 0.452. The van der Waals surface area contributed by atoms with Gasteiger partial charge in [-0.1, -0.05) is 5.16 Å². The summed E-state index contributed by atoms with van der Waals surface area (Å²) in [6, 6.07) is 7.31. The third kappa shape index (κ3) is 1.73. The number of nitrogens with two attached hydrogens (primary N) is 1. The normalized spacial score (nSPS) is 10.7. The van der Waals surface area contributed by atoms with Gasteiger partial charge in [0, 0.05) is 16.9 Å². The van der Waals surface area contributed by atoms with E-state index in [1.54, 1.807) is 18.3 Å². The van der Waals surface area contributed by atoms with Crippen LogP contribution in [0.25, 0.3) is 22.8 Å². The van der Waals surface area contributed by atoms with Crippen LogP contribution >= 0.6 is 0 Å². The summed E-state index contributed by atoms with van der Waals surface area (Å²) in [6.45, 7) is 1.90. The molecule has 0 atom stereocenters. The minimum Gasteiger partial charge on any atom is -0.399 e. The first-order chi connectivity index (χ1) is 8.74. The highest BCUT2D eigenvalue weighted by Crippen LogP contribution is 2.23. The van der Waals surface area contributed by atoms with Gasteiger partial charge in [0.25, 0.3) is 5.89 Å². The van der Waals surface area contributed by atoms with Gasteiger partial charge in [-0.15, -0.1) is 0 Å². The first kappa shape index (κ1) is 10.5. The monoisotopic (exact) mass is 241 g/mol. The van der Waals surface area contributed by atoms with E-state index >= 15 is 0 Å². The average Bonchev–Trinajstić information content (AvgIpc) is 2.98. The molecule has 0 radical (unpaired) electrons. The Morgan fingerprint density at radius 3 is 2.67 bits per heavy atom. The van der Waals surface area contributed by atoms with Crippen LogP contribution in [0.5, 0.6) is 0 Å². The van der Waals surface area contributed by atoms with Crippen LogP contribution in [-0.4, -0.2) is 20.3 Å². The largest absolute Gasteiger partial charge is 0.399 e. The highest BCUT2D eigenvalue weighted by Gasteiger charge is 2.13. The molecule has 0 unspecified atom stereocenters. The lowest BCUT2D eigenvalue weighted by molar-refractivity contribution is 0.432. The summed E-state index contributed by atoms with van der Waals surface area (Å²) in [5, 5.41) is 10.7. The SMILES string of the molecule is Cc1[nH]ncc1-c1nc(-c2ccc(N)cc2)no1. The van der Waals surface area contributed by atoms with E-state index in [0.717, 1.165) is 16.8 Å². The van der Waals surface area contributed by atoms with E-state index in [4.69, 9.17) is 10.3 Å². The number of H-pyrrole nitrogens is 1. The summed E-state index contributed by atoms with van der Waals surface area (Å²) >= 11 is 0. The van der Waals surface area contributed by atoms with Crippen molar-refractivity contribution in [2.75, 3.05) is 5.73 Å². The maximum atomic E-state index is 5.63. The van der Waals surface area contributed by atoms with Gasteiger partial charge in [0.15, 0.2) is 0 Å². The number of rotatable bonds is 2. The minimum absolute atomic E-state index is 0.452. The second-order valence-corrected chi connectivity index (χ2v) is 3.95. The van der Waals surface area contributed by atoms with E-state index in [-0.39, 0.29) is 0 Å². The van der Waals surface area contributed by atoms with Crippen LogP contribution in [0.4, 0.5) is 5.69 Å². The van der Waals surface area contributed by atoms with Crippen LogP contribution in [0.2, 0.25) is 0 Å². The standard InChI is InChI=1S/C12H11N5O/c1-7-10(6-14-16-7)12-15-11(17-18-12)8-2-4-9(13)5-3-8/h2-6H,13H2,1H3,(H,14,16). The van der Waals surface area contributed by atoms with E-state index in [0.29, 0.717) is 17.4 Å². The Morgan fingerprint density at radius 2 is 2.00 bits per heavy atom. The Balaban J connectivity index is 1.99. The molecule has 6 heteroatoms. The topological polar surface area (TPSA) is 93.6 Å². The first-order valence-electron chi connectivity index (χ1n) is 5.44. The van der Waals surface area contributed by atoms with Gasteiger partial charge in [-0.05, 0) is 31.2 Å². The summed E-state index contributed by atoms with van der Waals surface area (Å²) < 4.78 is 5.22. The summed E-state index contributed by atoms with van der Waals surface area (Å²) in [5.74, 6) is 0.985. The van der Waals surface area contributed by atoms with Crippen LogP contribution in [-0.2, 0) is 0 Å². The zero-order chi connectivity index (χ0) is 12.5. The number of nitrogen functional groups attached to an aromatic ring is 1. The maximum absolute atomic E-state index is 5.63. The molecule has 3 N–H and O–H groups in total. The molecule has 0 saturated heterocycles. The fourth-order valence-electron chi connectivity index (χ4n) is 1.65. The fourth-order valence-corrected chi connectivity index (χ4v) is 1.65. The number of hydrogen-bond acceptors (Lipinski definition) is 5. The zero-order valence-electron chi connectivity index (χ0n) is 9.71. The van der Waals surface area contributed by atoms with Crippen molar-refractivity contribution in [2.24, 2.45) is 0 Å². The molecule has 0 aliphatic rings. The van der Waals surface area contributed by atoms with Gasteiger partial charge in [0.05, 0.1) is 11.8 Å². The van der Waals surface area contributed by atoms with Gasteiger partial charge >= 0.3 is 0 Å². The van der Waals surface area contributed by atoms with Crippen molar-refractivity contribution in [2.45, 2.75) is 6.92 Å². The number of hydrogen-bond donors (Lipinski definition) is 2. The van der Waals surface area contributed by atoms with Gasteiger partial charge in [-0.2, -0.15) is 10.1 Å². The molecule has 3 rings (SSSR count). The third-order valence-electron chi connectivity index (χ3n) is 2.66. The number of aromatic amines is 1. The summed E-state index contributed by atoms with van der Waals surface area (Å²) in [7, 11) is 0. The smallest absolute Gasteiger partial charge is 0.261 e. The van der Waals surface area contributed by atoms with Gasteiger partial charge in [-0.3, -0.25) is 5.10 Å². The maximum Gasteiger partial charge on any atom is 0.261 e. The molecule has 0 amide bonds. The van der Waals surface area contributed by atoms with Crippen LogP contribution in [0.15, 0.2) is 35.0 Å². The van der Waals surface area contributed by atoms with Crippen molar-refractivity contribution in [3.63, 3.8) is 0 Å². The van der Waals surface area contributed by atoms with Crippen molar-refractivity contribution in [3.8, 4) is 22.8 Å². The van der Waals surface area contributed by atoms with Crippen LogP contribution in [0, 0.1) is 6.92 Å². The number of nitrogens with one attached hydrogen (secondary N) is 1. The molecule has 0 aliphatic carbocycles. The Morgan fingerprint density at radius 1 is 1.22 bits per heavy atom. The zero-order valence-corrected chi connectivity index (χ0v) is 9.71. The Kier molecular flexibility index (Phi) is 2.33. The van der Waals surface area contributed by atoms with Crippen LogP contribution in [0.3, 0.4) is 0 Å². The van der Waals surface area contributed by atoms with Gasteiger partial charge in [0.2, 0.25) is 5.82 Å². The quantitative estimate of drug-likeness (QED) is 0.669. The van der Waals surface area contributed by atoms with Gasteiger partial charge in [0.1, 0.15) is 0 Å². The van der Waals surface area contributed by atoms with Gasteiger partial charge in [-0.25, -0.2) is 0 Å². The van der Waals surface area contributed by atoms with Crippen molar-refractivity contribution >= 4 is 5.69 Å². The van der Waals surface area contributed by atoms with Crippen molar-refractivity contribution < 1.29 is 4.52 Å². The molecule has 90 valence electrons. The molecule has 1 aromatic carbocycles. The number of nitrogens with zero attached hydrogens (tertiary/aromatic N) is 3. The molecule has 3 aromatic rings. The predicted molar refractivity (Wildman–Crippen MR) is 66.5 cm³/mol. The summed E-state index contributed by atoms with van der Waals surface area (Å²) in [6.07, 6.45) is 1.66. The summed E-state index contributed by atoms with van der Waals surface area (Å²) in [4.78, 5) is 4.33. The van der Waals surface area contributed by atoms with E-state index < -0.39 is 0 Å². The molecular weight excluding hydrogens is 230 g/mol. The van der Waals surface area contributed by atoms with Crippen LogP contribution < -0.4 is 5.73 Å². The van der Waals surface area contributed by atoms with Crippen molar-refractivity contribution in [1.82, 2.24) is 20.3 Å². The average molecular weight is 241 g/mol. The van der Waals surface area contributed by atoms with Crippen molar-refractivity contribution in [3.05, 3.63) is 36.2 Å². The Labute approximate surface area is 103 Å². The number of aryl methyl sites for hydroxylation is 1. The van der Waals surface area contributed by atoms with Crippen molar-refractivity contribution in [1.29, 1.82) is 0 Å². The Bertz CT molecular complexity index is 668. The molecule has 0 fully saturated rings. The lowest BCUT2D eigenvalue weighted by atomic mass is 10.2. The predicted octanol–water partition coefficient (Wildman–Crippen LogP) is 2.02. The highest BCUT2D eigenvalue weighted by molar-refractivity contribution is 5.62. The summed E-state index contributed by atoms with van der Waals surface area (Å²) in [5.41, 5.74) is 8.89. The molecule has 0 spiro atoms. The number of anilines is 1. The highest BCUT2D eigenvalue weighted by atomic mass is 16.5. The fraction of sp³-hybridized carbons (Fsp3) is 0.0833.